The first kappa shape index (κ1) is 27.1. The number of hydrogen-bond donors (Lipinski definition) is 1. The van der Waals surface area contributed by atoms with Gasteiger partial charge in [0.05, 0.1) is 42.1 Å². The van der Waals surface area contributed by atoms with Gasteiger partial charge in [0.25, 0.3) is 0 Å². The van der Waals surface area contributed by atoms with Gasteiger partial charge < -0.3 is 10.5 Å². The van der Waals surface area contributed by atoms with Gasteiger partial charge in [0, 0.05) is 12.7 Å². The van der Waals surface area contributed by atoms with Crippen LogP contribution in [-0.4, -0.2) is 37.1 Å². The number of methoxy groups -OCH3 is 1. The number of hydrogen-bond acceptors (Lipinski definition) is 7. The lowest BCUT2D eigenvalue weighted by atomic mass is 9.85. The van der Waals surface area contributed by atoms with Crippen LogP contribution < -0.4 is 5.73 Å². The fourth-order valence-corrected chi connectivity index (χ4v) is 5.04. The number of nitrogen functional groups attached to an aromatic ring is 1. The summed E-state index contributed by atoms with van der Waals surface area (Å²) in [5.74, 6) is 0.846. The summed E-state index contributed by atoms with van der Waals surface area (Å²) in [6, 6.07) is 22.9. The SMILES string of the molecule is COCc1cccc(Cn2cc(-c3cc(-c4c(-c5ccccc5C(C)C)cccc4C(C)C)nc(N)n3)nn2)n1. The van der Waals surface area contributed by atoms with Crippen molar-refractivity contribution in [1.29, 1.82) is 0 Å². The monoisotopic (exact) mass is 533 g/mol. The van der Waals surface area contributed by atoms with Gasteiger partial charge in [-0.2, -0.15) is 0 Å². The van der Waals surface area contributed by atoms with Gasteiger partial charge in [-0.05, 0) is 52.3 Å². The van der Waals surface area contributed by atoms with E-state index in [1.807, 2.05) is 30.5 Å². The molecule has 0 radical (unpaired) electrons. The highest BCUT2D eigenvalue weighted by Gasteiger charge is 2.20. The third-order valence-electron chi connectivity index (χ3n) is 6.87. The first-order valence-electron chi connectivity index (χ1n) is 13.6. The van der Waals surface area contributed by atoms with Crippen LogP contribution in [0.15, 0.2) is 72.9 Å². The molecule has 3 heterocycles. The average molecular weight is 534 g/mol. The maximum atomic E-state index is 6.30. The maximum absolute atomic E-state index is 6.30. The van der Waals surface area contributed by atoms with E-state index in [1.165, 1.54) is 16.7 Å². The quantitative estimate of drug-likeness (QED) is 0.231. The van der Waals surface area contributed by atoms with Crippen molar-refractivity contribution >= 4 is 5.95 Å². The summed E-state index contributed by atoms with van der Waals surface area (Å²) in [6.07, 6.45) is 1.86. The molecule has 40 heavy (non-hydrogen) atoms. The summed E-state index contributed by atoms with van der Waals surface area (Å²) in [6.45, 7) is 9.77. The van der Waals surface area contributed by atoms with Crippen molar-refractivity contribution < 1.29 is 4.74 Å². The molecular formula is C32H35N7O. The van der Waals surface area contributed by atoms with Crippen LogP contribution >= 0.6 is 0 Å². The molecule has 0 aliphatic heterocycles. The van der Waals surface area contributed by atoms with Gasteiger partial charge in [-0.1, -0.05) is 81.4 Å². The Kier molecular flexibility index (Phi) is 7.98. The van der Waals surface area contributed by atoms with Crippen LogP contribution in [0, 0.1) is 0 Å². The van der Waals surface area contributed by atoms with Crippen molar-refractivity contribution in [3.63, 3.8) is 0 Å². The largest absolute Gasteiger partial charge is 0.378 e. The lowest BCUT2D eigenvalue weighted by molar-refractivity contribution is 0.181. The molecule has 3 aromatic heterocycles. The second kappa shape index (κ2) is 11.8. The first-order valence-corrected chi connectivity index (χ1v) is 13.6. The van der Waals surface area contributed by atoms with Gasteiger partial charge in [0.1, 0.15) is 5.69 Å². The molecule has 0 spiro atoms. The molecule has 0 saturated carbocycles. The highest BCUT2D eigenvalue weighted by Crippen LogP contribution is 2.40. The van der Waals surface area contributed by atoms with E-state index in [-0.39, 0.29) is 11.9 Å². The van der Waals surface area contributed by atoms with E-state index in [4.69, 9.17) is 15.5 Å². The molecule has 5 aromatic rings. The zero-order valence-electron chi connectivity index (χ0n) is 23.7. The predicted octanol–water partition coefficient (Wildman–Crippen LogP) is 6.49. The molecule has 0 aliphatic rings. The zero-order chi connectivity index (χ0) is 28.2. The Morgan fingerprint density at radius 2 is 1.43 bits per heavy atom. The number of anilines is 1. The smallest absolute Gasteiger partial charge is 0.221 e. The Bertz CT molecular complexity index is 1620. The molecule has 0 amide bonds. The number of pyridine rings is 1. The molecule has 8 nitrogen and oxygen atoms in total. The van der Waals surface area contributed by atoms with E-state index in [1.54, 1.807) is 11.8 Å². The molecule has 0 bridgehead atoms. The third-order valence-corrected chi connectivity index (χ3v) is 6.87. The van der Waals surface area contributed by atoms with Crippen LogP contribution in [0.5, 0.6) is 0 Å². The molecule has 0 atom stereocenters. The summed E-state index contributed by atoms with van der Waals surface area (Å²) in [5.41, 5.74) is 15.9. The van der Waals surface area contributed by atoms with E-state index in [2.05, 4.69) is 90.4 Å². The Morgan fingerprint density at radius 1 is 0.750 bits per heavy atom. The molecule has 0 saturated heterocycles. The van der Waals surface area contributed by atoms with Gasteiger partial charge in [0.2, 0.25) is 5.95 Å². The summed E-state index contributed by atoms with van der Waals surface area (Å²) < 4.78 is 6.96. The molecule has 2 aromatic carbocycles. The molecule has 2 N–H and O–H groups in total. The summed E-state index contributed by atoms with van der Waals surface area (Å²) >= 11 is 0. The van der Waals surface area contributed by atoms with Crippen LogP contribution in [0.4, 0.5) is 5.95 Å². The highest BCUT2D eigenvalue weighted by atomic mass is 16.5. The van der Waals surface area contributed by atoms with Crippen molar-refractivity contribution in [3.05, 3.63) is 95.4 Å². The van der Waals surface area contributed by atoms with Crippen LogP contribution in [-0.2, 0) is 17.9 Å². The van der Waals surface area contributed by atoms with Crippen molar-refractivity contribution in [3.8, 4) is 33.8 Å². The minimum Gasteiger partial charge on any atom is -0.378 e. The fraction of sp³-hybridized carbons (Fsp3) is 0.281. The molecule has 0 fully saturated rings. The van der Waals surface area contributed by atoms with Gasteiger partial charge in [-0.25, -0.2) is 14.6 Å². The topological polar surface area (TPSA) is 105 Å². The minimum atomic E-state index is 0.192. The van der Waals surface area contributed by atoms with Gasteiger partial charge in [-0.15, -0.1) is 5.10 Å². The average Bonchev–Trinajstić information content (AvgIpc) is 3.41. The summed E-state index contributed by atoms with van der Waals surface area (Å²) in [4.78, 5) is 13.9. The van der Waals surface area contributed by atoms with Gasteiger partial charge in [-0.3, -0.25) is 4.98 Å². The van der Waals surface area contributed by atoms with E-state index >= 15 is 0 Å². The molecule has 8 heteroatoms. The van der Waals surface area contributed by atoms with E-state index in [0.29, 0.717) is 30.5 Å². The van der Waals surface area contributed by atoms with Gasteiger partial charge >= 0.3 is 0 Å². The second-order valence-corrected chi connectivity index (χ2v) is 10.5. The lowest BCUT2D eigenvalue weighted by Crippen LogP contribution is -2.04. The lowest BCUT2D eigenvalue weighted by Gasteiger charge is -2.20. The van der Waals surface area contributed by atoms with Gasteiger partial charge in [0.15, 0.2) is 0 Å². The number of nitrogens with two attached hydrogens (primary N) is 1. The zero-order valence-corrected chi connectivity index (χ0v) is 23.7. The Labute approximate surface area is 235 Å². The maximum Gasteiger partial charge on any atom is 0.221 e. The highest BCUT2D eigenvalue weighted by molar-refractivity contribution is 5.87. The number of benzene rings is 2. The third kappa shape index (κ3) is 5.77. The van der Waals surface area contributed by atoms with Crippen molar-refractivity contribution in [1.82, 2.24) is 29.9 Å². The van der Waals surface area contributed by atoms with E-state index < -0.39 is 0 Å². The predicted molar refractivity (Wildman–Crippen MR) is 159 cm³/mol. The summed E-state index contributed by atoms with van der Waals surface area (Å²) in [7, 11) is 1.66. The fourth-order valence-electron chi connectivity index (χ4n) is 5.04. The summed E-state index contributed by atoms with van der Waals surface area (Å²) in [5, 5.41) is 8.74. The van der Waals surface area contributed by atoms with E-state index in [9.17, 15) is 0 Å². The van der Waals surface area contributed by atoms with E-state index in [0.717, 1.165) is 28.2 Å². The Morgan fingerprint density at radius 3 is 2.20 bits per heavy atom. The van der Waals surface area contributed by atoms with Crippen LogP contribution in [0.2, 0.25) is 0 Å². The van der Waals surface area contributed by atoms with Crippen LogP contribution in [0.3, 0.4) is 0 Å². The normalized spacial score (nSPS) is 11.5. The Balaban J connectivity index is 1.57. The minimum absolute atomic E-state index is 0.192. The number of nitrogens with zero attached hydrogens (tertiary/aromatic N) is 6. The Hall–Kier alpha value is -4.43. The number of aromatic nitrogens is 6. The number of rotatable bonds is 9. The number of ether oxygens (including phenoxy) is 1. The first-order chi connectivity index (χ1) is 19.3. The standard InChI is InChI=1S/C32H35N7O/c1-20(2)24-12-6-7-13-26(24)27-15-9-14-25(21(3)4)31(27)29-16-28(35-32(33)36-29)30-18-39(38-37-30)17-22-10-8-11-23(34-22)19-40-5/h6-16,18,20-21H,17,19H2,1-5H3,(H2,33,35,36). The molecule has 0 aliphatic carbocycles. The molecule has 5 rings (SSSR count). The molecular weight excluding hydrogens is 498 g/mol. The van der Waals surface area contributed by atoms with Crippen LogP contribution in [0.25, 0.3) is 33.8 Å². The van der Waals surface area contributed by atoms with Crippen molar-refractivity contribution in [2.45, 2.75) is 52.7 Å². The van der Waals surface area contributed by atoms with Crippen molar-refractivity contribution in [2.75, 3.05) is 12.8 Å². The molecule has 204 valence electrons. The van der Waals surface area contributed by atoms with Crippen LogP contribution in [0.1, 0.15) is 62.0 Å². The molecule has 0 unspecified atom stereocenters. The second-order valence-electron chi connectivity index (χ2n) is 10.5. The van der Waals surface area contributed by atoms with Crippen molar-refractivity contribution in [2.24, 2.45) is 0 Å².